The highest BCUT2D eigenvalue weighted by Crippen LogP contribution is 2.29. The Balaban J connectivity index is 2.30. The van der Waals surface area contributed by atoms with Gasteiger partial charge in [-0.05, 0) is 25.1 Å². The van der Waals surface area contributed by atoms with E-state index in [9.17, 15) is 8.42 Å². The summed E-state index contributed by atoms with van der Waals surface area (Å²) in [5, 5.41) is 6.79. The van der Waals surface area contributed by atoms with Crippen LogP contribution in [0.1, 0.15) is 25.6 Å². The van der Waals surface area contributed by atoms with E-state index in [2.05, 4.69) is 15.5 Å². The number of hydrogen-bond acceptors (Lipinski definition) is 7. The van der Waals surface area contributed by atoms with Crippen molar-refractivity contribution in [3.05, 3.63) is 29.9 Å². The van der Waals surface area contributed by atoms with Gasteiger partial charge in [-0.1, -0.05) is 19.0 Å². The Bertz CT molecular complexity index is 785. The lowest BCUT2D eigenvalue weighted by Gasteiger charge is -2.19. The van der Waals surface area contributed by atoms with Gasteiger partial charge in [0.1, 0.15) is 5.75 Å². The second-order valence-corrected chi connectivity index (χ2v) is 6.98. The second kappa shape index (κ2) is 7.63. The fraction of sp³-hybridized carbons (Fsp3) is 0.467. The summed E-state index contributed by atoms with van der Waals surface area (Å²) in [5.41, 5.74) is 0.543. The fourth-order valence-corrected chi connectivity index (χ4v) is 3.77. The maximum Gasteiger partial charge on any atom is 0.245 e. The molecule has 0 amide bonds. The quantitative estimate of drug-likeness (QED) is 0.774. The number of rotatable bonds is 8. The van der Waals surface area contributed by atoms with Crippen molar-refractivity contribution < 1.29 is 17.7 Å². The van der Waals surface area contributed by atoms with Gasteiger partial charge in [0.25, 0.3) is 0 Å². The SMILES string of the molecule is CCN(CC)S(=O)(=O)c1ccc(OC)c(NCc2nc(C)no2)c1. The molecule has 0 aliphatic heterocycles. The molecule has 0 unspecified atom stereocenters. The van der Waals surface area contributed by atoms with Gasteiger partial charge in [-0.15, -0.1) is 0 Å². The first-order chi connectivity index (χ1) is 11.4. The number of ether oxygens (including phenoxy) is 1. The number of aryl methyl sites for hydroxylation is 1. The van der Waals surface area contributed by atoms with E-state index in [0.29, 0.717) is 36.2 Å². The van der Waals surface area contributed by atoms with Crippen molar-refractivity contribution in [3.63, 3.8) is 0 Å². The Morgan fingerprint density at radius 3 is 2.54 bits per heavy atom. The van der Waals surface area contributed by atoms with Crippen molar-refractivity contribution in [2.45, 2.75) is 32.2 Å². The second-order valence-electron chi connectivity index (χ2n) is 5.04. The number of anilines is 1. The number of benzene rings is 1. The van der Waals surface area contributed by atoms with Gasteiger partial charge in [0.05, 0.1) is 24.2 Å². The van der Waals surface area contributed by atoms with Crippen LogP contribution in [0.5, 0.6) is 5.75 Å². The van der Waals surface area contributed by atoms with Crippen molar-refractivity contribution in [1.29, 1.82) is 0 Å². The van der Waals surface area contributed by atoms with Crippen LogP contribution < -0.4 is 10.1 Å². The summed E-state index contributed by atoms with van der Waals surface area (Å²) < 4.78 is 37.0. The number of hydrogen-bond donors (Lipinski definition) is 1. The fourth-order valence-electron chi connectivity index (χ4n) is 2.28. The molecule has 0 fully saturated rings. The Hall–Kier alpha value is -2.13. The first kappa shape index (κ1) is 18.2. The molecule has 1 aromatic carbocycles. The maximum atomic E-state index is 12.6. The third kappa shape index (κ3) is 3.85. The molecular weight excluding hydrogens is 332 g/mol. The lowest BCUT2D eigenvalue weighted by molar-refractivity contribution is 0.379. The Kier molecular flexibility index (Phi) is 5.79. The minimum Gasteiger partial charge on any atom is -0.495 e. The van der Waals surface area contributed by atoms with Gasteiger partial charge in [0.2, 0.25) is 15.9 Å². The molecule has 0 radical (unpaired) electrons. The van der Waals surface area contributed by atoms with E-state index < -0.39 is 10.0 Å². The zero-order chi connectivity index (χ0) is 17.7. The van der Waals surface area contributed by atoms with Crippen molar-refractivity contribution in [2.24, 2.45) is 0 Å². The van der Waals surface area contributed by atoms with Crippen molar-refractivity contribution >= 4 is 15.7 Å². The summed E-state index contributed by atoms with van der Waals surface area (Å²) in [4.78, 5) is 4.30. The summed E-state index contributed by atoms with van der Waals surface area (Å²) >= 11 is 0. The standard InChI is InChI=1S/C15H22N4O4S/c1-5-19(6-2)24(20,21)12-7-8-14(22-4)13(9-12)16-10-15-17-11(3)18-23-15/h7-9,16H,5-6,10H2,1-4H3. The molecule has 1 heterocycles. The van der Waals surface area contributed by atoms with E-state index >= 15 is 0 Å². The highest BCUT2D eigenvalue weighted by Gasteiger charge is 2.22. The summed E-state index contributed by atoms with van der Waals surface area (Å²) in [6.45, 7) is 6.43. The third-order valence-corrected chi connectivity index (χ3v) is 5.56. The van der Waals surface area contributed by atoms with Crippen LogP contribution in [0.4, 0.5) is 5.69 Å². The van der Waals surface area contributed by atoms with E-state index in [1.54, 1.807) is 19.1 Å². The normalized spacial score (nSPS) is 11.7. The first-order valence-electron chi connectivity index (χ1n) is 7.63. The number of methoxy groups -OCH3 is 1. The third-order valence-electron chi connectivity index (χ3n) is 3.51. The average Bonchev–Trinajstić information content (AvgIpc) is 2.99. The summed E-state index contributed by atoms with van der Waals surface area (Å²) in [5.74, 6) is 1.48. The zero-order valence-corrected chi connectivity index (χ0v) is 15.1. The average molecular weight is 354 g/mol. The number of aromatic nitrogens is 2. The molecule has 0 aliphatic rings. The molecule has 2 aromatic rings. The van der Waals surface area contributed by atoms with E-state index in [1.807, 2.05) is 13.8 Å². The molecule has 0 saturated heterocycles. The molecule has 0 saturated carbocycles. The van der Waals surface area contributed by atoms with Gasteiger partial charge >= 0.3 is 0 Å². The molecule has 8 nitrogen and oxygen atoms in total. The van der Waals surface area contributed by atoms with Crippen LogP contribution in [-0.4, -0.2) is 43.1 Å². The number of nitrogens with one attached hydrogen (secondary N) is 1. The Labute approximate surface area is 141 Å². The van der Waals surface area contributed by atoms with Crippen LogP contribution in [0.3, 0.4) is 0 Å². The molecule has 1 N–H and O–H groups in total. The van der Waals surface area contributed by atoms with Crippen molar-refractivity contribution in [2.75, 3.05) is 25.5 Å². The molecule has 0 bridgehead atoms. The molecule has 1 aromatic heterocycles. The van der Waals surface area contributed by atoms with Crippen LogP contribution >= 0.6 is 0 Å². The van der Waals surface area contributed by atoms with E-state index in [-0.39, 0.29) is 11.4 Å². The highest BCUT2D eigenvalue weighted by atomic mass is 32.2. The lowest BCUT2D eigenvalue weighted by atomic mass is 10.3. The predicted molar refractivity (Wildman–Crippen MR) is 89.5 cm³/mol. The van der Waals surface area contributed by atoms with Crippen molar-refractivity contribution in [3.8, 4) is 5.75 Å². The van der Waals surface area contributed by atoms with Crippen LogP contribution in [0.15, 0.2) is 27.6 Å². The van der Waals surface area contributed by atoms with Crippen LogP contribution in [-0.2, 0) is 16.6 Å². The number of sulfonamides is 1. The predicted octanol–water partition coefficient (Wildman–Crippen LogP) is 2.03. The van der Waals surface area contributed by atoms with Gasteiger partial charge in [-0.2, -0.15) is 9.29 Å². The number of nitrogens with zero attached hydrogens (tertiary/aromatic N) is 3. The van der Waals surface area contributed by atoms with Gasteiger partial charge in [0.15, 0.2) is 5.82 Å². The van der Waals surface area contributed by atoms with E-state index in [0.717, 1.165) is 0 Å². The van der Waals surface area contributed by atoms with Crippen molar-refractivity contribution in [1.82, 2.24) is 14.4 Å². The van der Waals surface area contributed by atoms with Gasteiger partial charge in [-0.3, -0.25) is 0 Å². The molecule has 24 heavy (non-hydrogen) atoms. The smallest absolute Gasteiger partial charge is 0.245 e. The largest absolute Gasteiger partial charge is 0.495 e. The molecule has 0 spiro atoms. The van der Waals surface area contributed by atoms with Gasteiger partial charge < -0.3 is 14.6 Å². The summed E-state index contributed by atoms with van der Waals surface area (Å²) in [6, 6.07) is 4.71. The monoisotopic (exact) mass is 354 g/mol. The van der Waals surface area contributed by atoms with E-state index in [1.165, 1.54) is 17.5 Å². The van der Waals surface area contributed by atoms with Gasteiger partial charge in [0, 0.05) is 13.1 Å². The Morgan fingerprint density at radius 1 is 1.29 bits per heavy atom. The van der Waals surface area contributed by atoms with Gasteiger partial charge in [-0.25, -0.2) is 8.42 Å². The molecule has 2 rings (SSSR count). The zero-order valence-electron chi connectivity index (χ0n) is 14.2. The molecular formula is C15H22N4O4S. The minimum absolute atomic E-state index is 0.205. The molecule has 0 atom stereocenters. The topological polar surface area (TPSA) is 97.6 Å². The van der Waals surface area contributed by atoms with Crippen LogP contribution in [0, 0.1) is 6.92 Å². The maximum absolute atomic E-state index is 12.6. The summed E-state index contributed by atoms with van der Waals surface area (Å²) in [7, 11) is -2.02. The molecule has 132 valence electrons. The summed E-state index contributed by atoms with van der Waals surface area (Å²) in [6.07, 6.45) is 0. The van der Waals surface area contributed by atoms with Crippen LogP contribution in [0.2, 0.25) is 0 Å². The Morgan fingerprint density at radius 2 is 2.00 bits per heavy atom. The molecule has 0 aliphatic carbocycles. The van der Waals surface area contributed by atoms with Crippen LogP contribution in [0.25, 0.3) is 0 Å². The minimum atomic E-state index is -3.54. The first-order valence-corrected chi connectivity index (χ1v) is 9.07. The lowest BCUT2D eigenvalue weighted by Crippen LogP contribution is -2.30. The highest BCUT2D eigenvalue weighted by molar-refractivity contribution is 7.89. The van der Waals surface area contributed by atoms with E-state index in [4.69, 9.17) is 9.26 Å². The molecule has 9 heteroatoms.